The van der Waals surface area contributed by atoms with Crippen molar-refractivity contribution < 1.29 is 19.1 Å². The number of fused-ring (bicyclic) bond motifs is 1. The summed E-state index contributed by atoms with van der Waals surface area (Å²) in [5.41, 5.74) is 4.19. The Bertz CT molecular complexity index is 1360. The van der Waals surface area contributed by atoms with E-state index in [0.29, 0.717) is 34.9 Å². The topological polar surface area (TPSA) is 81.6 Å². The molecule has 4 aromatic rings. The van der Waals surface area contributed by atoms with Gasteiger partial charge < -0.3 is 24.7 Å². The average Bonchev–Trinajstić information content (AvgIpc) is 3.55. The first-order chi connectivity index (χ1) is 16.6. The van der Waals surface area contributed by atoms with Gasteiger partial charge in [0.25, 0.3) is 11.8 Å². The van der Waals surface area contributed by atoms with Crippen molar-refractivity contribution >= 4 is 17.5 Å². The van der Waals surface area contributed by atoms with Crippen LogP contribution in [0.15, 0.2) is 85.2 Å². The summed E-state index contributed by atoms with van der Waals surface area (Å²) in [6, 6.07) is 21.9. The Labute approximate surface area is 196 Å². The second-order valence-electron chi connectivity index (χ2n) is 7.96. The van der Waals surface area contributed by atoms with Gasteiger partial charge in [-0.15, -0.1) is 0 Å². The lowest BCUT2D eigenvalue weighted by Crippen LogP contribution is -2.25. The highest BCUT2D eigenvalue weighted by molar-refractivity contribution is 6.09. The Morgan fingerprint density at radius 2 is 1.68 bits per heavy atom. The molecule has 5 rings (SSSR count). The summed E-state index contributed by atoms with van der Waals surface area (Å²) in [6.07, 6.45) is 3.87. The number of hydrogen-bond acceptors (Lipinski definition) is 4. The monoisotopic (exact) mass is 453 g/mol. The number of para-hydroxylation sites is 1. The highest BCUT2D eigenvalue weighted by Gasteiger charge is 2.17. The van der Waals surface area contributed by atoms with E-state index in [4.69, 9.17) is 9.47 Å². The normalized spacial score (nSPS) is 11.8. The zero-order valence-corrected chi connectivity index (χ0v) is 18.6. The largest absolute Gasteiger partial charge is 0.454 e. The van der Waals surface area contributed by atoms with Crippen LogP contribution in [0.5, 0.6) is 11.5 Å². The van der Waals surface area contributed by atoms with E-state index in [-0.39, 0.29) is 18.6 Å². The van der Waals surface area contributed by atoms with Crippen molar-refractivity contribution in [2.45, 2.75) is 13.5 Å². The minimum absolute atomic E-state index is 0.201. The fourth-order valence-electron chi connectivity index (χ4n) is 3.84. The quantitative estimate of drug-likeness (QED) is 0.444. The van der Waals surface area contributed by atoms with E-state index in [1.807, 2.05) is 66.3 Å². The molecule has 170 valence electrons. The molecule has 1 aromatic heterocycles. The van der Waals surface area contributed by atoms with Crippen LogP contribution in [0, 0.1) is 6.92 Å². The van der Waals surface area contributed by atoms with Crippen molar-refractivity contribution in [2.24, 2.45) is 0 Å². The number of ether oxygens (including phenoxy) is 2. The van der Waals surface area contributed by atoms with Gasteiger partial charge in [-0.1, -0.05) is 24.3 Å². The number of amides is 2. The van der Waals surface area contributed by atoms with Crippen molar-refractivity contribution in [1.29, 1.82) is 0 Å². The second kappa shape index (κ2) is 9.15. The first-order valence-corrected chi connectivity index (χ1v) is 10.9. The Balaban J connectivity index is 1.30. The number of nitrogens with zero attached hydrogens (tertiary/aromatic N) is 1. The maximum absolute atomic E-state index is 13.0. The SMILES string of the molecule is Cc1ccc(C(=O)Nc2ccccc2C(=O)NCc2ccc3c(c2)OCO3)cc1-n1cccc1. The van der Waals surface area contributed by atoms with Gasteiger partial charge in [-0.2, -0.15) is 0 Å². The highest BCUT2D eigenvalue weighted by Crippen LogP contribution is 2.32. The number of hydrogen-bond donors (Lipinski definition) is 2. The first kappa shape index (κ1) is 21.3. The lowest BCUT2D eigenvalue weighted by molar-refractivity contribution is 0.0951. The van der Waals surface area contributed by atoms with Crippen LogP contribution < -0.4 is 20.1 Å². The minimum atomic E-state index is -0.288. The Morgan fingerprint density at radius 1 is 0.882 bits per heavy atom. The predicted molar refractivity (Wildman–Crippen MR) is 129 cm³/mol. The Kier molecular flexibility index (Phi) is 5.74. The van der Waals surface area contributed by atoms with Gasteiger partial charge in [0.2, 0.25) is 6.79 Å². The van der Waals surface area contributed by atoms with E-state index in [0.717, 1.165) is 16.8 Å². The third-order valence-corrected chi connectivity index (χ3v) is 5.66. The zero-order valence-electron chi connectivity index (χ0n) is 18.6. The van der Waals surface area contributed by atoms with Gasteiger partial charge in [-0.25, -0.2) is 0 Å². The Hall–Kier alpha value is -4.52. The van der Waals surface area contributed by atoms with Gasteiger partial charge in [0, 0.05) is 30.2 Å². The molecule has 0 atom stereocenters. The van der Waals surface area contributed by atoms with Gasteiger partial charge in [0.05, 0.1) is 11.3 Å². The lowest BCUT2D eigenvalue weighted by atomic mass is 10.1. The van der Waals surface area contributed by atoms with Gasteiger partial charge in [0.1, 0.15) is 0 Å². The van der Waals surface area contributed by atoms with E-state index in [2.05, 4.69) is 10.6 Å². The van der Waals surface area contributed by atoms with E-state index < -0.39 is 0 Å². The van der Waals surface area contributed by atoms with Crippen molar-refractivity contribution in [3.05, 3.63) is 107 Å². The highest BCUT2D eigenvalue weighted by atomic mass is 16.7. The number of nitrogens with one attached hydrogen (secondary N) is 2. The third kappa shape index (κ3) is 4.36. The van der Waals surface area contributed by atoms with Crippen molar-refractivity contribution in [2.75, 3.05) is 12.1 Å². The van der Waals surface area contributed by atoms with E-state index in [1.54, 1.807) is 30.3 Å². The average molecular weight is 453 g/mol. The van der Waals surface area contributed by atoms with Crippen LogP contribution in [0.1, 0.15) is 31.8 Å². The summed E-state index contributed by atoms with van der Waals surface area (Å²) < 4.78 is 12.7. The zero-order chi connectivity index (χ0) is 23.5. The van der Waals surface area contributed by atoms with Crippen molar-refractivity contribution in [1.82, 2.24) is 9.88 Å². The Morgan fingerprint density at radius 3 is 2.53 bits per heavy atom. The molecule has 2 heterocycles. The van der Waals surface area contributed by atoms with Crippen LogP contribution in [0.25, 0.3) is 5.69 Å². The standard InChI is InChI=1S/C27H23N3O4/c1-18-8-10-20(15-23(18)30-12-4-5-13-30)26(31)29-22-7-3-2-6-21(22)27(32)28-16-19-9-11-24-25(14-19)34-17-33-24/h2-15H,16-17H2,1H3,(H,28,32)(H,29,31). The molecule has 0 radical (unpaired) electrons. The smallest absolute Gasteiger partial charge is 0.255 e. The van der Waals surface area contributed by atoms with Crippen molar-refractivity contribution in [3.63, 3.8) is 0 Å². The van der Waals surface area contributed by atoms with Gasteiger partial charge in [-0.05, 0) is 66.6 Å². The molecule has 0 bridgehead atoms. The molecule has 2 N–H and O–H groups in total. The fraction of sp³-hybridized carbons (Fsp3) is 0.111. The molecule has 7 heteroatoms. The van der Waals surface area contributed by atoms with Crippen LogP contribution >= 0.6 is 0 Å². The molecule has 0 fully saturated rings. The maximum atomic E-state index is 13.0. The first-order valence-electron chi connectivity index (χ1n) is 10.9. The summed E-state index contributed by atoms with van der Waals surface area (Å²) in [7, 11) is 0. The number of anilines is 1. The van der Waals surface area contributed by atoms with Crippen LogP contribution in [-0.2, 0) is 6.54 Å². The van der Waals surface area contributed by atoms with Crippen LogP contribution in [0.4, 0.5) is 5.69 Å². The molecule has 7 nitrogen and oxygen atoms in total. The van der Waals surface area contributed by atoms with Gasteiger partial charge >= 0.3 is 0 Å². The van der Waals surface area contributed by atoms with E-state index in [9.17, 15) is 9.59 Å². The molecule has 0 aliphatic carbocycles. The number of rotatable bonds is 6. The summed E-state index contributed by atoms with van der Waals surface area (Å²) in [6.45, 7) is 2.51. The summed E-state index contributed by atoms with van der Waals surface area (Å²) in [5.74, 6) is 0.783. The predicted octanol–water partition coefficient (Wildman–Crippen LogP) is 4.70. The van der Waals surface area contributed by atoms with E-state index >= 15 is 0 Å². The number of aromatic nitrogens is 1. The second-order valence-corrected chi connectivity index (χ2v) is 7.96. The molecule has 1 aliphatic rings. The number of carbonyl (C=O) groups excluding carboxylic acids is 2. The molecular formula is C27H23N3O4. The van der Waals surface area contributed by atoms with Crippen molar-refractivity contribution in [3.8, 4) is 17.2 Å². The lowest BCUT2D eigenvalue weighted by Gasteiger charge is -2.13. The fourth-order valence-corrected chi connectivity index (χ4v) is 3.84. The number of carbonyl (C=O) groups is 2. The molecule has 0 spiro atoms. The molecular weight excluding hydrogens is 430 g/mol. The molecule has 0 saturated carbocycles. The van der Waals surface area contributed by atoms with Gasteiger partial charge in [0.15, 0.2) is 11.5 Å². The number of benzene rings is 3. The molecule has 3 aromatic carbocycles. The number of aryl methyl sites for hydroxylation is 1. The summed E-state index contributed by atoms with van der Waals surface area (Å²) >= 11 is 0. The van der Waals surface area contributed by atoms with Crippen LogP contribution in [0.2, 0.25) is 0 Å². The molecule has 0 saturated heterocycles. The molecule has 2 amide bonds. The van der Waals surface area contributed by atoms with Crippen LogP contribution in [-0.4, -0.2) is 23.2 Å². The molecule has 34 heavy (non-hydrogen) atoms. The van der Waals surface area contributed by atoms with E-state index in [1.165, 1.54) is 0 Å². The maximum Gasteiger partial charge on any atom is 0.255 e. The van der Waals surface area contributed by atoms with Gasteiger partial charge in [-0.3, -0.25) is 9.59 Å². The summed E-state index contributed by atoms with van der Waals surface area (Å²) in [4.78, 5) is 26.0. The third-order valence-electron chi connectivity index (χ3n) is 5.66. The summed E-state index contributed by atoms with van der Waals surface area (Å²) in [5, 5.41) is 5.79. The molecule has 1 aliphatic heterocycles. The molecule has 0 unspecified atom stereocenters. The minimum Gasteiger partial charge on any atom is -0.454 e. The van der Waals surface area contributed by atoms with Crippen LogP contribution in [0.3, 0.4) is 0 Å².